The molecule has 0 aromatic heterocycles. The molecule has 140 valence electrons. The van der Waals surface area contributed by atoms with E-state index in [1.54, 1.807) is 24.3 Å². The number of halogens is 1. The van der Waals surface area contributed by atoms with E-state index in [0.29, 0.717) is 29.0 Å². The van der Waals surface area contributed by atoms with Gasteiger partial charge in [0, 0.05) is 17.1 Å². The van der Waals surface area contributed by atoms with E-state index in [4.69, 9.17) is 11.6 Å². The topological polar surface area (TPSA) is 29.1 Å². The third kappa shape index (κ3) is 5.88. The van der Waals surface area contributed by atoms with Crippen LogP contribution in [-0.2, 0) is 6.42 Å². The van der Waals surface area contributed by atoms with Crippen LogP contribution in [0.3, 0.4) is 0 Å². The Kier molecular flexibility index (Phi) is 7.28. The summed E-state index contributed by atoms with van der Waals surface area (Å²) in [5.74, 6) is 0.993. The van der Waals surface area contributed by atoms with Crippen LogP contribution in [0.5, 0.6) is 0 Å². The molecule has 2 nitrogen and oxygen atoms in total. The average Bonchev–Trinajstić information content (AvgIpc) is 2.61. The number of amides is 1. The summed E-state index contributed by atoms with van der Waals surface area (Å²) in [4.78, 5) is 12.4. The molecule has 0 fully saturated rings. The highest BCUT2D eigenvalue weighted by molar-refractivity contribution is 6.30. The quantitative estimate of drug-likeness (QED) is 0.605. The van der Waals surface area contributed by atoms with Gasteiger partial charge in [-0.05, 0) is 59.9 Å². The fraction of sp³-hybridized carbons (Fsp3) is 0.435. The fourth-order valence-electron chi connectivity index (χ4n) is 3.38. The van der Waals surface area contributed by atoms with Crippen molar-refractivity contribution in [1.82, 2.24) is 5.32 Å². The van der Waals surface area contributed by atoms with Gasteiger partial charge in [-0.15, -0.1) is 0 Å². The Balaban J connectivity index is 1.97. The van der Waals surface area contributed by atoms with E-state index in [1.165, 1.54) is 5.56 Å². The minimum absolute atomic E-state index is 0.0377. The highest BCUT2D eigenvalue weighted by atomic mass is 35.5. The molecule has 3 heteroatoms. The second-order valence-electron chi connectivity index (χ2n) is 8.00. The number of rotatable bonds is 8. The summed E-state index contributed by atoms with van der Waals surface area (Å²) < 4.78 is 0. The molecular formula is C23H30ClNO. The predicted molar refractivity (Wildman–Crippen MR) is 111 cm³/mol. The van der Waals surface area contributed by atoms with Crippen LogP contribution in [0.1, 0.15) is 50.0 Å². The van der Waals surface area contributed by atoms with Crippen molar-refractivity contribution in [3.05, 3.63) is 70.7 Å². The van der Waals surface area contributed by atoms with Gasteiger partial charge in [0.1, 0.15) is 0 Å². The second-order valence-corrected chi connectivity index (χ2v) is 8.43. The van der Waals surface area contributed by atoms with Crippen molar-refractivity contribution >= 4 is 17.5 Å². The van der Waals surface area contributed by atoms with Crippen molar-refractivity contribution in [3.8, 4) is 0 Å². The first-order valence-corrected chi connectivity index (χ1v) is 9.75. The first-order valence-electron chi connectivity index (χ1n) is 9.38. The van der Waals surface area contributed by atoms with Crippen molar-refractivity contribution in [3.63, 3.8) is 0 Å². The molecule has 26 heavy (non-hydrogen) atoms. The molecule has 1 amide bonds. The van der Waals surface area contributed by atoms with Gasteiger partial charge in [-0.2, -0.15) is 0 Å². The first-order chi connectivity index (χ1) is 12.3. The molecule has 0 radical (unpaired) electrons. The van der Waals surface area contributed by atoms with E-state index >= 15 is 0 Å². The summed E-state index contributed by atoms with van der Waals surface area (Å²) >= 11 is 5.90. The third-order valence-corrected chi connectivity index (χ3v) is 5.65. The van der Waals surface area contributed by atoms with Gasteiger partial charge >= 0.3 is 0 Å². The Hall–Kier alpha value is -1.80. The van der Waals surface area contributed by atoms with Crippen molar-refractivity contribution < 1.29 is 4.79 Å². The molecule has 0 aliphatic rings. The van der Waals surface area contributed by atoms with Gasteiger partial charge in [0.25, 0.3) is 5.91 Å². The zero-order valence-corrected chi connectivity index (χ0v) is 17.0. The minimum atomic E-state index is -0.0377. The maximum atomic E-state index is 12.4. The summed E-state index contributed by atoms with van der Waals surface area (Å²) in [5, 5.41) is 3.77. The van der Waals surface area contributed by atoms with Gasteiger partial charge in [0.2, 0.25) is 0 Å². The number of hydrogen-bond donors (Lipinski definition) is 1. The molecule has 0 saturated carbocycles. The van der Waals surface area contributed by atoms with Gasteiger partial charge in [0.15, 0.2) is 0 Å². The van der Waals surface area contributed by atoms with E-state index in [9.17, 15) is 4.79 Å². The van der Waals surface area contributed by atoms with Crippen LogP contribution in [0, 0.1) is 17.3 Å². The van der Waals surface area contributed by atoms with Gasteiger partial charge in [-0.25, -0.2) is 0 Å². The Morgan fingerprint density at radius 2 is 1.65 bits per heavy atom. The molecule has 1 N–H and O–H groups in total. The number of carbonyl (C=O) groups is 1. The van der Waals surface area contributed by atoms with E-state index in [0.717, 1.165) is 12.8 Å². The molecule has 0 saturated heterocycles. The molecule has 2 aromatic carbocycles. The highest BCUT2D eigenvalue weighted by Gasteiger charge is 2.31. The Morgan fingerprint density at radius 3 is 2.23 bits per heavy atom. The molecule has 2 atom stereocenters. The molecule has 0 spiro atoms. The minimum Gasteiger partial charge on any atom is -0.351 e. The highest BCUT2D eigenvalue weighted by Crippen LogP contribution is 2.34. The number of carbonyl (C=O) groups excluding carboxylic acids is 1. The summed E-state index contributed by atoms with van der Waals surface area (Å²) in [6.07, 6.45) is 2.13. The Morgan fingerprint density at radius 1 is 1.04 bits per heavy atom. The summed E-state index contributed by atoms with van der Waals surface area (Å²) in [7, 11) is 0. The first kappa shape index (κ1) is 20.5. The third-order valence-electron chi connectivity index (χ3n) is 5.39. The van der Waals surface area contributed by atoms with Crippen molar-refractivity contribution in [2.75, 3.05) is 6.54 Å². The smallest absolute Gasteiger partial charge is 0.251 e. The average molecular weight is 372 g/mol. The SMILES string of the molecule is CC(Cc1ccccc1)CC(C)(CNC(=O)c1ccc(Cl)cc1)C(C)C. The standard InChI is InChI=1S/C23H30ClNO/c1-17(2)23(4,15-18(3)14-19-8-6-5-7-9-19)16-25-22(26)20-10-12-21(24)13-11-20/h5-13,17-18H,14-16H2,1-4H3,(H,25,26). The van der Waals surface area contributed by atoms with Gasteiger partial charge in [-0.3, -0.25) is 4.79 Å². The van der Waals surface area contributed by atoms with Crippen molar-refractivity contribution in [2.45, 2.75) is 40.5 Å². The van der Waals surface area contributed by atoms with E-state index < -0.39 is 0 Å². The van der Waals surface area contributed by atoms with E-state index in [1.807, 2.05) is 0 Å². The van der Waals surface area contributed by atoms with Crippen LogP contribution >= 0.6 is 11.6 Å². The largest absolute Gasteiger partial charge is 0.351 e. The van der Waals surface area contributed by atoms with Gasteiger partial charge in [-0.1, -0.05) is 69.6 Å². The van der Waals surface area contributed by atoms with Crippen molar-refractivity contribution in [1.29, 1.82) is 0 Å². The summed E-state index contributed by atoms with van der Waals surface area (Å²) in [5.41, 5.74) is 2.07. The van der Waals surface area contributed by atoms with Crippen molar-refractivity contribution in [2.24, 2.45) is 17.3 Å². The van der Waals surface area contributed by atoms with Crippen LogP contribution in [-0.4, -0.2) is 12.5 Å². The summed E-state index contributed by atoms with van der Waals surface area (Å²) in [6.45, 7) is 9.73. The lowest BCUT2D eigenvalue weighted by atomic mass is 9.72. The molecule has 0 aliphatic carbocycles. The molecule has 0 aliphatic heterocycles. The molecule has 0 bridgehead atoms. The molecule has 2 aromatic rings. The van der Waals surface area contributed by atoms with Crippen LogP contribution in [0.2, 0.25) is 5.02 Å². The number of nitrogens with one attached hydrogen (secondary N) is 1. The maximum absolute atomic E-state index is 12.4. The lowest BCUT2D eigenvalue weighted by Gasteiger charge is -2.36. The fourth-order valence-corrected chi connectivity index (χ4v) is 3.51. The van der Waals surface area contributed by atoms with E-state index in [-0.39, 0.29) is 11.3 Å². The molecule has 2 unspecified atom stereocenters. The predicted octanol–water partition coefficient (Wildman–Crippen LogP) is 6.00. The number of benzene rings is 2. The van der Waals surface area contributed by atoms with Crippen LogP contribution < -0.4 is 5.32 Å². The molecule has 2 rings (SSSR count). The van der Waals surface area contributed by atoms with Crippen LogP contribution in [0.15, 0.2) is 54.6 Å². The zero-order valence-electron chi connectivity index (χ0n) is 16.3. The normalized spacial score (nSPS) is 14.7. The molecular weight excluding hydrogens is 342 g/mol. The monoisotopic (exact) mass is 371 g/mol. The lowest BCUT2D eigenvalue weighted by molar-refractivity contribution is 0.0897. The van der Waals surface area contributed by atoms with Crippen LogP contribution in [0.25, 0.3) is 0 Å². The Labute approximate surface area is 163 Å². The van der Waals surface area contributed by atoms with Crippen LogP contribution in [0.4, 0.5) is 0 Å². The Bertz CT molecular complexity index is 696. The van der Waals surface area contributed by atoms with Gasteiger partial charge in [0.05, 0.1) is 0 Å². The lowest BCUT2D eigenvalue weighted by Crippen LogP contribution is -2.40. The molecule has 0 heterocycles. The zero-order chi connectivity index (χ0) is 19.2. The van der Waals surface area contributed by atoms with E-state index in [2.05, 4.69) is 63.3 Å². The summed E-state index contributed by atoms with van der Waals surface area (Å²) in [6, 6.07) is 17.6. The van der Waals surface area contributed by atoms with Gasteiger partial charge < -0.3 is 5.32 Å². The maximum Gasteiger partial charge on any atom is 0.251 e. The second kappa shape index (κ2) is 9.23. The number of hydrogen-bond acceptors (Lipinski definition) is 1.